The molecule has 106 valence electrons. The topological polar surface area (TPSA) is 29.5 Å². The highest BCUT2D eigenvalue weighted by Gasteiger charge is 1.96. The molecule has 1 aromatic rings. The first-order valence-corrected chi connectivity index (χ1v) is 6.85. The second-order valence-electron chi connectivity index (χ2n) is 4.17. The predicted octanol–water partition coefficient (Wildman–Crippen LogP) is 2.59. The number of carbonyl (C=O) groups is 1. The van der Waals surface area contributed by atoms with Crippen LogP contribution < -0.4 is 0 Å². The molecule has 0 amide bonds. The van der Waals surface area contributed by atoms with Crippen LogP contribution in [0.2, 0.25) is 0 Å². The number of hydrogen-bond donors (Lipinski definition) is 0. The summed E-state index contributed by atoms with van der Waals surface area (Å²) in [7, 11) is 0. The maximum absolute atomic E-state index is 11.4. The number of carbonyl (C=O) groups excluding carboxylic acids is 1. The molecular weight excluding hydrogens is 250 g/mol. The van der Waals surface area contributed by atoms with Gasteiger partial charge in [-0.3, -0.25) is 4.90 Å². The first kappa shape index (κ1) is 16.0. The van der Waals surface area contributed by atoms with Crippen LogP contribution in [0.3, 0.4) is 0 Å². The molecular formula is C17H21NO2. The van der Waals surface area contributed by atoms with E-state index in [1.807, 2.05) is 36.4 Å². The highest BCUT2D eigenvalue weighted by atomic mass is 16.5. The summed E-state index contributed by atoms with van der Waals surface area (Å²) < 4.78 is 4.99. The third kappa shape index (κ3) is 6.77. The second kappa shape index (κ2) is 9.82. The van der Waals surface area contributed by atoms with E-state index in [1.54, 1.807) is 6.08 Å². The summed E-state index contributed by atoms with van der Waals surface area (Å²) in [5.41, 5.74) is 1.08. The molecule has 0 aliphatic rings. The van der Waals surface area contributed by atoms with Gasteiger partial charge in [0.2, 0.25) is 0 Å². The SMILES string of the molecule is CCN(CC)CC#CC(=O)OC/C=C/c1ccccc1. The van der Waals surface area contributed by atoms with E-state index in [0.717, 1.165) is 18.7 Å². The van der Waals surface area contributed by atoms with Gasteiger partial charge in [0.15, 0.2) is 0 Å². The van der Waals surface area contributed by atoms with Crippen molar-refractivity contribution >= 4 is 12.0 Å². The van der Waals surface area contributed by atoms with Gasteiger partial charge in [-0.25, -0.2) is 4.79 Å². The van der Waals surface area contributed by atoms with Crippen LogP contribution in [-0.2, 0) is 9.53 Å². The molecule has 0 unspecified atom stereocenters. The Hall–Kier alpha value is -2.05. The molecule has 1 aromatic carbocycles. The molecule has 0 aromatic heterocycles. The van der Waals surface area contributed by atoms with Crippen LogP contribution in [0.4, 0.5) is 0 Å². The van der Waals surface area contributed by atoms with E-state index in [0.29, 0.717) is 6.54 Å². The van der Waals surface area contributed by atoms with E-state index in [4.69, 9.17) is 4.74 Å². The summed E-state index contributed by atoms with van der Waals surface area (Å²) in [5, 5.41) is 0. The quantitative estimate of drug-likeness (QED) is 0.452. The van der Waals surface area contributed by atoms with E-state index >= 15 is 0 Å². The van der Waals surface area contributed by atoms with E-state index in [-0.39, 0.29) is 6.61 Å². The first-order chi connectivity index (χ1) is 9.76. The third-order valence-electron chi connectivity index (χ3n) is 2.81. The summed E-state index contributed by atoms with van der Waals surface area (Å²) >= 11 is 0. The van der Waals surface area contributed by atoms with Crippen LogP contribution in [0.1, 0.15) is 19.4 Å². The normalized spacial score (nSPS) is 10.3. The monoisotopic (exact) mass is 271 g/mol. The van der Waals surface area contributed by atoms with Crippen molar-refractivity contribution in [2.24, 2.45) is 0 Å². The fraction of sp³-hybridized carbons (Fsp3) is 0.353. The predicted molar refractivity (Wildman–Crippen MR) is 82.0 cm³/mol. The van der Waals surface area contributed by atoms with Crippen LogP contribution in [0, 0.1) is 11.8 Å². The second-order valence-corrected chi connectivity index (χ2v) is 4.17. The lowest BCUT2D eigenvalue weighted by atomic mass is 10.2. The molecule has 0 bridgehead atoms. The minimum Gasteiger partial charge on any atom is -0.452 e. The lowest BCUT2D eigenvalue weighted by Crippen LogP contribution is -2.23. The van der Waals surface area contributed by atoms with Crippen molar-refractivity contribution in [3.8, 4) is 11.8 Å². The van der Waals surface area contributed by atoms with Crippen LogP contribution in [0.5, 0.6) is 0 Å². The van der Waals surface area contributed by atoms with Gasteiger partial charge in [0.1, 0.15) is 6.61 Å². The van der Waals surface area contributed by atoms with Crippen molar-refractivity contribution < 1.29 is 9.53 Å². The molecule has 3 nitrogen and oxygen atoms in total. The lowest BCUT2D eigenvalue weighted by molar-refractivity contribution is -0.135. The molecule has 0 spiro atoms. The summed E-state index contributed by atoms with van der Waals surface area (Å²) in [4.78, 5) is 13.5. The zero-order chi connectivity index (χ0) is 14.6. The van der Waals surface area contributed by atoms with E-state index < -0.39 is 5.97 Å². The maximum Gasteiger partial charge on any atom is 0.384 e. The molecule has 20 heavy (non-hydrogen) atoms. The Morgan fingerprint density at radius 1 is 1.25 bits per heavy atom. The Balaban J connectivity index is 2.27. The number of nitrogens with zero attached hydrogens (tertiary/aromatic N) is 1. The van der Waals surface area contributed by atoms with Gasteiger partial charge in [-0.1, -0.05) is 56.2 Å². The Labute approximate surface area is 121 Å². The molecule has 0 aliphatic heterocycles. The van der Waals surface area contributed by atoms with Gasteiger partial charge in [0.05, 0.1) is 6.54 Å². The van der Waals surface area contributed by atoms with Crippen molar-refractivity contribution in [3.05, 3.63) is 42.0 Å². The fourth-order valence-electron chi connectivity index (χ4n) is 1.58. The standard InChI is InChI=1S/C17H21NO2/c1-3-18(4-2)14-8-13-17(19)20-15-9-12-16-10-6-5-7-11-16/h5-7,9-12H,3-4,14-15H2,1-2H3/b12-9+. The summed E-state index contributed by atoms with van der Waals surface area (Å²) in [5.74, 6) is 4.84. The van der Waals surface area contributed by atoms with Crippen molar-refractivity contribution in [2.45, 2.75) is 13.8 Å². The van der Waals surface area contributed by atoms with Crippen LogP contribution in [0.15, 0.2) is 36.4 Å². The Morgan fingerprint density at radius 2 is 1.95 bits per heavy atom. The van der Waals surface area contributed by atoms with Crippen molar-refractivity contribution in [1.29, 1.82) is 0 Å². The molecule has 0 radical (unpaired) electrons. The molecule has 3 heteroatoms. The van der Waals surface area contributed by atoms with E-state index in [9.17, 15) is 4.79 Å². The Morgan fingerprint density at radius 3 is 2.60 bits per heavy atom. The van der Waals surface area contributed by atoms with Gasteiger partial charge in [-0.2, -0.15) is 0 Å². The summed E-state index contributed by atoms with van der Waals surface area (Å²) in [6.07, 6.45) is 3.72. The van der Waals surface area contributed by atoms with Gasteiger partial charge in [-0.05, 0) is 24.7 Å². The molecule has 0 heterocycles. The number of hydrogen-bond acceptors (Lipinski definition) is 3. The molecule has 1 rings (SSSR count). The van der Waals surface area contributed by atoms with Crippen molar-refractivity contribution in [2.75, 3.05) is 26.2 Å². The third-order valence-corrected chi connectivity index (χ3v) is 2.81. The average Bonchev–Trinajstić information content (AvgIpc) is 2.49. The molecule has 0 fully saturated rings. The number of esters is 1. The Kier molecular flexibility index (Phi) is 7.86. The van der Waals surface area contributed by atoms with Crippen molar-refractivity contribution in [1.82, 2.24) is 4.90 Å². The highest BCUT2D eigenvalue weighted by molar-refractivity contribution is 5.88. The average molecular weight is 271 g/mol. The van der Waals surface area contributed by atoms with Gasteiger partial charge in [-0.15, -0.1) is 0 Å². The minimum atomic E-state index is -0.477. The van der Waals surface area contributed by atoms with Crippen LogP contribution >= 0.6 is 0 Å². The van der Waals surface area contributed by atoms with Crippen LogP contribution in [-0.4, -0.2) is 37.1 Å². The van der Waals surface area contributed by atoms with Gasteiger partial charge < -0.3 is 4.74 Å². The highest BCUT2D eigenvalue weighted by Crippen LogP contribution is 2.00. The zero-order valence-corrected chi connectivity index (χ0v) is 12.1. The summed E-state index contributed by atoms with van der Waals surface area (Å²) in [6, 6.07) is 9.86. The smallest absolute Gasteiger partial charge is 0.384 e. The van der Waals surface area contributed by atoms with Crippen LogP contribution in [0.25, 0.3) is 6.08 Å². The molecule has 0 saturated heterocycles. The zero-order valence-electron chi connectivity index (χ0n) is 12.1. The van der Waals surface area contributed by atoms with Gasteiger partial charge in [0.25, 0.3) is 0 Å². The maximum atomic E-state index is 11.4. The van der Waals surface area contributed by atoms with E-state index in [2.05, 4.69) is 30.6 Å². The van der Waals surface area contributed by atoms with E-state index in [1.165, 1.54) is 0 Å². The molecule has 0 saturated carbocycles. The van der Waals surface area contributed by atoms with Gasteiger partial charge >= 0.3 is 5.97 Å². The number of ether oxygens (including phenoxy) is 1. The molecule has 0 aliphatic carbocycles. The minimum absolute atomic E-state index is 0.244. The number of benzene rings is 1. The lowest BCUT2D eigenvalue weighted by Gasteiger charge is -2.12. The van der Waals surface area contributed by atoms with Gasteiger partial charge in [0, 0.05) is 5.92 Å². The fourth-order valence-corrected chi connectivity index (χ4v) is 1.58. The largest absolute Gasteiger partial charge is 0.452 e. The first-order valence-electron chi connectivity index (χ1n) is 6.85. The van der Waals surface area contributed by atoms with Crippen molar-refractivity contribution in [3.63, 3.8) is 0 Å². The Bertz CT molecular complexity index is 479. The number of rotatable bonds is 6. The molecule has 0 atom stereocenters. The molecule has 0 N–H and O–H groups in total. The summed E-state index contributed by atoms with van der Waals surface area (Å²) in [6.45, 7) is 6.84.